The van der Waals surface area contributed by atoms with E-state index in [1.165, 1.54) is 0 Å². The third-order valence-electron chi connectivity index (χ3n) is 4.70. The van der Waals surface area contributed by atoms with Crippen LogP contribution < -0.4 is 4.74 Å². The molecule has 2 atom stereocenters. The summed E-state index contributed by atoms with van der Waals surface area (Å²) in [5.41, 5.74) is 3.20. The minimum absolute atomic E-state index is 0.173. The minimum atomic E-state index is 0.173. The molecule has 4 rings (SSSR count). The zero-order valence-corrected chi connectivity index (χ0v) is 12.4. The molecule has 1 aliphatic carbocycles. The number of para-hydroxylation sites is 1. The third kappa shape index (κ3) is 2.25. The second kappa shape index (κ2) is 5.45. The fourth-order valence-electron chi connectivity index (χ4n) is 3.62. The van der Waals surface area contributed by atoms with E-state index in [9.17, 15) is 4.79 Å². The van der Waals surface area contributed by atoms with Crippen molar-refractivity contribution in [1.29, 1.82) is 0 Å². The van der Waals surface area contributed by atoms with Crippen molar-refractivity contribution in [3.05, 3.63) is 71.3 Å². The predicted octanol–water partition coefficient (Wildman–Crippen LogP) is 4.23. The lowest BCUT2D eigenvalue weighted by atomic mass is 9.70. The topological polar surface area (TPSA) is 26.3 Å². The maximum Gasteiger partial charge on any atom is 0.159 e. The van der Waals surface area contributed by atoms with Crippen molar-refractivity contribution in [2.75, 3.05) is 6.61 Å². The highest BCUT2D eigenvalue weighted by atomic mass is 16.5. The fourth-order valence-corrected chi connectivity index (χ4v) is 3.62. The Kier molecular flexibility index (Phi) is 3.30. The molecule has 1 aliphatic heterocycles. The quantitative estimate of drug-likeness (QED) is 0.735. The predicted molar refractivity (Wildman–Crippen MR) is 86.8 cm³/mol. The lowest BCUT2D eigenvalue weighted by Crippen LogP contribution is -2.33. The van der Waals surface area contributed by atoms with Crippen LogP contribution in [0.5, 0.6) is 5.75 Å². The summed E-state index contributed by atoms with van der Waals surface area (Å²) in [6.07, 6.45) is 3.62. The van der Waals surface area contributed by atoms with E-state index in [2.05, 4.69) is 24.3 Å². The Balaban J connectivity index is 1.83. The highest BCUT2D eigenvalue weighted by Crippen LogP contribution is 2.47. The van der Waals surface area contributed by atoms with Gasteiger partial charge in [0.15, 0.2) is 5.78 Å². The van der Waals surface area contributed by atoms with Gasteiger partial charge in [0.2, 0.25) is 0 Å². The molecule has 0 saturated heterocycles. The SMILES string of the molecule is O=C1CCC2COc3ccccc3C2/C1=C/c1ccccc1. The van der Waals surface area contributed by atoms with Crippen molar-refractivity contribution in [2.45, 2.75) is 18.8 Å². The Bertz CT molecular complexity index is 730. The summed E-state index contributed by atoms with van der Waals surface area (Å²) in [5, 5.41) is 0. The first-order valence-corrected chi connectivity index (χ1v) is 7.84. The smallest absolute Gasteiger partial charge is 0.159 e. The van der Waals surface area contributed by atoms with Crippen LogP contribution in [0.1, 0.15) is 29.9 Å². The van der Waals surface area contributed by atoms with Gasteiger partial charge in [0.1, 0.15) is 5.75 Å². The maximum atomic E-state index is 12.6. The van der Waals surface area contributed by atoms with Crippen molar-refractivity contribution >= 4 is 11.9 Å². The molecule has 2 aliphatic rings. The van der Waals surface area contributed by atoms with Crippen LogP contribution in [0.4, 0.5) is 0 Å². The number of hydrogen-bond donors (Lipinski definition) is 0. The van der Waals surface area contributed by atoms with E-state index in [-0.39, 0.29) is 11.7 Å². The van der Waals surface area contributed by atoms with Gasteiger partial charge in [-0.15, -0.1) is 0 Å². The summed E-state index contributed by atoms with van der Waals surface area (Å²) in [6.45, 7) is 0.709. The van der Waals surface area contributed by atoms with Gasteiger partial charge in [-0.25, -0.2) is 0 Å². The molecule has 2 nitrogen and oxygen atoms in total. The molecule has 0 radical (unpaired) electrons. The van der Waals surface area contributed by atoms with Crippen molar-refractivity contribution in [2.24, 2.45) is 5.92 Å². The van der Waals surface area contributed by atoms with Crippen molar-refractivity contribution in [3.63, 3.8) is 0 Å². The number of allylic oxidation sites excluding steroid dienone is 1. The summed E-state index contributed by atoms with van der Waals surface area (Å²) < 4.78 is 5.89. The molecular weight excluding hydrogens is 272 g/mol. The molecule has 2 unspecified atom stereocenters. The van der Waals surface area contributed by atoms with Gasteiger partial charge < -0.3 is 4.74 Å². The molecule has 2 heteroatoms. The number of fused-ring (bicyclic) bond motifs is 3. The zero-order chi connectivity index (χ0) is 14.9. The molecular formula is C20H18O2. The highest BCUT2D eigenvalue weighted by molar-refractivity contribution is 6.02. The summed E-state index contributed by atoms with van der Waals surface area (Å²) in [4.78, 5) is 12.6. The Labute approximate surface area is 130 Å². The van der Waals surface area contributed by atoms with E-state index in [1.54, 1.807) is 0 Å². The van der Waals surface area contributed by atoms with Crippen LogP contribution in [0.15, 0.2) is 60.2 Å². The molecule has 2 aromatic rings. The largest absolute Gasteiger partial charge is 0.493 e. The van der Waals surface area contributed by atoms with Gasteiger partial charge in [0.25, 0.3) is 0 Å². The first kappa shape index (κ1) is 13.3. The number of rotatable bonds is 1. The van der Waals surface area contributed by atoms with E-state index in [4.69, 9.17) is 4.74 Å². The Hall–Kier alpha value is -2.35. The molecule has 22 heavy (non-hydrogen) atoms. The number of carbonyl (C=O) groups is 1. The number of ether oxygens (including phenoxy) is 1. The van der Waals surface area contributed by atoms with Crippen molar-refractivity contribution < 1.29 is 9.53 Å². The monoisotopic (exact) mass is 290 g/mol. The zero-order valence-electron chi connectivity index (χ0n) is 12.4. The molecule has 0 spiro atoms. The van der Waals surface area contributed by atoms with Crippen LogP contribution in [0.2, 0.25) is 0 Å². The molecule has 0 amide bonds. The van der Waals surface area contributed by atoms with Gasteiger partial charge in [-0.2, -0.15) is 0 Å². The van der Waals surface area contributed by atoms with E-state index < -0.39 is 0 Å². The first-order chi connectivity index (χ1) is 10.8. The summed E-state index contributed by atoms with van der Waals surface area (Å²) in [6, 6.07) is 18.2. The fraction of sp³-hybridized carbons (Fsp3) is 0.250. The Morgan fingerprint density at radius 2 is 1.77 bits per heavy atom. The molecule has 0 bridgehead atoms. The Morgan fingerprint density at radius 1 is 1.00 bits per heavy atom. The van der Waals surface area contributed by atoms with Crippen LogP contribution in [0, 0.1) is 5.92 Å². The number of hydrogen-bond acceptors (Lipinski definition) is 2. The van der Waals surface area contributed by atoms with Gasteiger partial charge >= 0.3 is 0 Å². The van der Waals surface area contributed by atoms with Gasteiger partial charge in [-0.05, 0) is 24.1 Å². The van der Waals surface area contributed by atoms with Crippen LogP contribution in [-0.4, -0.2) is 12.4 Å². The number of carbonyl (C=O) groups excluding carboxylic acids is 1. The van der Waals surface area contributed by atoms with Crippen LogP contribution >= 0.6 is 0 Å². The summed E-state index contributed by atoms with van der Waals surface area (Å²) in [7, 11) is 0. The highest BCUT2D eigenvalue weighted by Gasteiger charge is 2.39. The van der Waals surface area contributed by atoms with Gasteiger partial charge in [0.05, 0.1) is 6.61 Å². The molecule has 1 heterocycles. The molecule has 0 N–H and O–H groups in total. The second-order valence-corrected chi connectivity index (χ2v) is 6.06. The van der Waals surface area contributed by atoms with Gasteiger partial charge in [-0.3, -0.25) is 4.79 Å². The van der Waals surface area contributed by atoms with Crippen LogP contribution in [0.3, 0.4) is 0 Å². The number of benzene rings is 2. The van der Waals surface area contributed by atoms with E-state index in [0.29, 0.717) is 18.9 Å². The van der Waals surface area contributed by atoms with Crippen molar-refractivity contribution in [3.8, 4) is 5.75 Å². The second-order valence-electron chi connectivity index (χ2n) is 6.06. The number of Topliss-reactive ketones (excluding diaryl/α,β-unsaturated/α-hetero) is 1. The average Bonchev–Trinajstić information content (AvgIpc) is 2.58. The maximum absolute atomic E-state index is 12.6. The van der Waals surface area contributed by atoms with Crippen molar-refractivity contribution in [1.82, 2.24) is 0 Å². The van der Waals surface area contributed by atoms with E-state index in [0.717, 1.165) is 28.9 Å². The lowest BCUT2D eigenvalue weighted by Gasteiger charge is -2.38. The van der Waals surface area contributed by atoms with Gasteiger partial charge in [0, 0.05) is 29.4 Å². The first-order valence-electron chi connectivity index (χ1n) is 7.84. The summed E-state index contributed by atoms with van der Waals surface area (Å²) >= 11 is 0. The van der Waals surface area contributed by atoms with Gasteiger partial charge in [-0.1, -0.05) is 48.5 Å². The minimum Gasteiger partial charge on any atom is -0.493 e. The molecule has 0 aromatic heterocycles. The van der Waals surface area contributed by atoms with E-state index in [1.807, 2.05) is 36.4 Å². The van der Waals surface area contributed by atoms with Crippen LogP contribution in [-0.2, 0) is 4.79 Å². The molecule has 1 saturated carbocycles. The molecule has 1 fully saturated rings. The summed E-state index contributed by atoms with van der Waals surface area (Å²) in [5.74, 6) is 1.79. The number of ketones is 1. The standard InChI is InChI=1S/C20H18O2/c21-18-11-10-15-13-22-19-9-5-4-8-16(19)20(15)17(18)12-14-6-2-1-3-7-14/h1-9,12,15,20H,10-11,13H2/b17-12+. The third-order valence-corrected chi connectivity index (χ3v) is 4.70. The van der Waals surface area contributed by atoms with E-state index >= 15 is 0 Å². The van der Waals surface area contributed by atoms with Crippen LogP contribution in [0.25, 0.3) is 6.08 Å². The average molecular weight is 290 g/mol. The normalized spacial score (nSPS) is 25.3. The Morgan fingerprint density at radius 3 is 2.64 bits per heavy atom. The molecule has 2 aromatic carbocycles. The molecule has 110 valence electrons. The lowest BCUT2D eigenvalue weighted by molar-refractivity contribution is -0.117.